The number of nitrogens with zero attached hydrogens (tertiary/aromatic N) is 2. The third-order valence-electron chi connectivity index (χ3n) is 4.39. The number of hydrogen-bond donors (Lipinski definition) is 0. The van der Waals surface area contributed by atoms with Gasteiger partial charge in [0.1, 0.15) is 11.5 Å². The van der Waals surface area contributed by atoms with Crippen LogP contribution in [-0.2, 0) is 0 Å². The van der Waals surface area contributed by atoms with Crippen LogP contribution in [0.3, 0.4) is 0 Å². The second kappa shape index (κ2) is 8.04. The first-order chi connectivity index (χ1) is 11.6. The van der Waals surface area contributed by atoms with Crippen molar-refractivity contribution in [2.75, 3.05) is 0 Å². The number of rotatable bonds is 6. The maximum absolute atomic E-state index is 8.92. The Morgan fingerprint density at radius 3 is 2.04 bits per heavy atom. The zero-order chi connectivity index (χ0) is 17.5. The number of nitriles is 2. The number of hydrogen-bond acceptors (Lipinski definition) is 4. The van der Waals surface area contributed by atoms with Crippen LogP contribution in [0.1, 0.15) is 37.8 Å². The molecule has 0 saturated heterocycles. The van der Waals surface area contributed by atoms with Gasteiger partial charge >= 0.3 is 0 Å². The zero-order valence-corrected chi connectivity index (χ0v) is 14.1. The number of benzene rings is 2. The van der Waals surface area contributed by atoms with Gasteiger partial charge in [-0.15, -0.1) is 10.5 Å². The highest BCUT2D eigenvalue weighted by Crippen LogP contribution is 2.40. The van der Waals surface area contributed by atoms with E-state index in [9.17, 15) is 0 Å². The molecule has 0 aliphatic carbocycles. The molecule has 0 heterocycles. The van der Waals surface area contributed by atoms with E-state index in [1.54, 1.807) is 24.6 Å². The largest absolute Gasteiger partial charge is 0.388 e. The highest BCUT2D eigenvalue weighted by molar-refractivity contribution is 5.44. The first-order valence-corrected chi connectivity index (χ1v) is 7.89. The standard InChI is InChI=1S/C20H20N2O2/c1-14(2)15(3)20(16-8-10-17(11-9-16)23-12-21)18-6-4-5-7-19(18)24-13-22/h4-11,14-15,20H,1-3H3. The highest BCUT2D eigenvalue weighted by atomic mass is 16.5. The molecule has 0 aliphatic rings. The molecule has 2 unspecified atom stereocenters. The molecule has 0 fully saturated rings. The van der Waals surface area contributed by atoms with Crippen LogP contribution in [-0.4, -0.2) is 0 Å². The van der Waals surface area contributed by atoms with Crippen LogP contribution in [0.5, 0.6) is 11.5 Å². The van der Waals surface area contributed by atoms with Crippen molar-refractivity contribution in [3.8, 4) is 24.0 Å². The maximum atomic E-state index is 8.92. The summed E-state index contributed by atoms with van der Waals surface area (Å²) in [6.45, 7) is 6.55. The topological polar surface area (TPSA) is 66.0 Å². The fraction of sp³-hybridized carbons (Fsp3) is 0.300. The summed E-state index contributed by atoms with van der Waals surface area (Å²) in [6, 6.07) is 15.1. The molecule has 0 radical (unpaired) electrons. The van der Waals surface area contributed by atoms with Crippen LogP contribution in [0.25, 0.3) is 0 Å². The summed E-state index contributed by atoms with van der Waals surface area (Å²) in [5.41, 5.74) is 2.07. The summed E-state index contributed by atoms with van der Waals surface area (Å²) < 4.78 is 10.0. The maximum Gasteiger partial charge on any atom is 0.292 e. The first-order valence-electron chi connectivity index (χ1n) is 7.89. The Bertz CT molecular complexity index is 754. The minimum atomic E-state index is 0.0747. The van der Waals surface area contributed by atoms with E-state index in [2.05, 4.69) is 20.8 Å². The molecule has 0 aliphatic heterocycles. The Morgan fingerprint density at radius 1 is 0.833 bits per heavy atom. The second-order valence-electron chi connectivity index (χ2n) is 6.07. The molecule has 0 bridgehead atoms. The molecule has 122 valence electrons. The van der Waals surface area contributed by atoms with Crippen molar-refractivity contribution in [2.24, 2.45) is 11.8 Å². The van der Waals surface area contributed by atoms with Gasteiger partial charge in [-0.25, -0.2) is 0 Å². The zero-order valence-electron chi connectivity index (χ0n) is 14.1. The highest BCUT2D eigenvalue weighted by Gasteiger charge is 2.26. The molecule has 0 N–H and O–H groups in total. The van der Waals surface area contributed by atoms with Gasteiger partial charge in [0.15, 0.2) is 0 Å². The molecule has 2 rings (SSSR count). The lowest BCUT2D eigenvalue weighted by Gasteiger charge is -2.29. The Morgan fingerprint density at radius 2 is 1.46 bits per heavy atom. The van der Waals surface area contributed by atoms with E-state index in [0.29, 0.717) is 23.3 Å². The van der Waals surface area contributed by atoms with E-state index in [1.165, 1.54) is 0 Å². The molecule has 24 heavy (non-hydrogen) atoms. The molecule has 4 heteroatoms. The van der Waals surface area contributed by atoms with E-state index >= 15 is 0 Å². The van der Waals surface area contributed by atoms with Gasteiger partial charge in [0.2, 0.25) is 0 Å². The van der Waals surface area contributed by atoms with Crippen LogP contribution >= 0.6 is 0 Å². The van der Waals surface area contributed by atoms with E-state index < -0.39 is 0 Å². The molecule has 0 spiro atoms. The fourth-order valence-corrected chi connectivity index (χ4v) is 2.83. The van der Waals surface area contributed by atoms with E-state index in [4.69, 9.17) is 20.0 Å². The Hall–Kier alpha value is -2.98. The third kappa shape index (κ3) is 3.86. The molecule has 0 aromatic heterocycles. The van der Waals surface area contributed by atoms with E-state index in [1.807, 2.05) is 36.4 Å². The fourth-order valence-electron chi connectivity index (χ4n) is 2.83. The number of para-hydroxylation sites is 1. The van der Waals surface area contributed by atoms with Crippen LogP contribution in [0.15, 0.2) is 48.5 Å². The lowest BCUT2D eigenvalue weighted by atomic mass is 9.76. The SMILES string of the molecule is CC(C)C(C)C(c1ccc(OC#N)cc1)c1ccccc1OC#N. The molecular formula is C20H20N2O2. The van der Waals surface area contributed by atoms with Gasteiger partial charge in [-0.3, -0.25) is 0 Å². The second-order valence-corrected chi connectivity index (χ2v) is 6.07. The Labute approximate surface area is 142 Å². The normalized spacial score (nSPS) is 12.8. The van der Waals surface area contributed by atoms with Crippen LogP contribution < -0.4 is 9.47 Å². The molecule has 0 saturated carbocycles. The minimum Gasteiger partial charge on any atom is -0.388 e. The lowest BCUT2D eigenvalue weighted by molar-refractivity contribution is 0.370. The average Bonchev–Trinajstić information content (AvgIpc) is 2.58. The quantitative estimate of drug-likeness (QED) is 0.715. The summed E-state index contributed by atoms with van der Waals surface area (Å²) in [7, 11) is 0. The minimum absolute atomic E-state index is 0.0747. The average molecular weight is 320 g/mol. The number of ether oxygens (including phenoxy) is 2. The van der Waals surface area contributed by atoms with E-state index in [-0.39, 0.29) is 5.92 Å². The van der Waals surface area contributed by atoms with E-state index in [0.717, 1.165) is 11.1 Å². The summed E-state index contributed by atoms with van der Waals surface area (Å²) in [4.78, 5) is 0. The Balaban J connectivity index is 2.50. The van der Waals surface area contributed by atoms with Gasteiger partial charge in [0.05, 0.1) is 0 Å². The van der Waals surface area contributed by atoms with Crippen LogP contribution in [0.4, 0.5) is 0 Å². The van der Waals surface area contributed by atoms with Crippen molar-refractivity contribution in [3.63, 3.8) is 0 Å². The smallest absolute Gasteiger partial charge is 0.292 e. The van der Waals surface area contributed by atoms with Crippen molar-refractivity contribution >= 4 is 0 Å². The summed E-state index contributed by atoms with van der Waals surface area (Å²) in [5.74, 6) is 1.94. The van der Waals surface area contributed by atoms with Gasteiger partial charge < -0.3 is 9.47 Å². The third-order valence-corrected chi connectivity index (χ3v) is 4.39. The van der Waals surface area contributed by atoms with Crippen LogP contribution in [0, 0.1) is 34.9 Å². The lowest BCUT2D eigenvalue weighted by Crippen LogP contribution is -2.17. The van der Waals surface area contributed by atoms with Gasteiger partial charge in [0, 0.05) is 11.5 Å². The Kier molecular flexibility index (Phi) is 5.82. The molecule has 4 nitrogen and oxygen atoms in total. The van der Waals surface area contributed by atoms with Crippen molar-refractivity contribution in [1.82, 2.24) is 0 Å². The molecule has 2 aromatic carbocycles. The van der Waals surface area contributed by atoms with Crippen molar-refractivity contribution in [1.29, 1.82) is 10.5 Å². The van der Waals surface area contributed by atoms with Gasteiger partial charge in [0.25, 0.3) is 12.5 Å². The van der Waals surface area contributed by atoms with Gasteiger partial charge in [-0.05, 0) is 35.6 Å². The first kappa shape index (κ1) is 17.4. The predicted octanol–water partition coefficient (Wildman–Crippen LogP) is 4.83. The summed E-state index contributed by atoms with van der Waals surface area (Å²) in [5, 5.41) is 17.5. The van der Waals surface area contributed by atoms with Gasteiger partial charge in [-0.1, -0.05) is 51.1 Å². The van der Waals surface area contributed by atoms with Gasteiger partial charge in [-0.2, -0.15) is 0 Å². The van der Waals surface area contributed by atoms with Crippen molar-refractivity contribution in [2.45, 2.75) is 26.7 Å². The van der Waals surface area contributed by atoms with Crippen molar-refractivity contribution in [3.05, 3.63) is 59.7 Å². The summed E-state index contributed by atoms with van der Waals surface area (Å²) in [6.07, 6.45) is 3.44. The molecule has 2 atom stereocenters. The van der Waals surface area contributed by atoms with Crippen molar-refractivity contribution < 1.29 is 9.47 Å². The monoisotopic (exact) mass is 320 g/mol. The molecular weight excluding hydrogens is 300 g/mol. The molecule has 2 aromatic rings. The summed E-state index contributed by atoms with van der Waals surface area (Å²) >= 11 is 0. The van der Waals surface area contributed by atoms with Crippen LogP contribution in [0.2, 0.25) is 0 Å². The predicted molar refractivity (Wildman–Crippen MR) is 91.2 cm³/mol. The molecule has 0 amide bonds.